The van der Waals surface area contributed by atoms with E-state index in [-0.39, 0.29) is 12.0 Å². The number of hydrogen-bond acceptors (Lipinski definition) is 6. The molecule has 0 bridgehead atoms. The molecule has 2 aromatic carbocycles. The minimum Gasteiger partial charge on any atom is -0.493 e. The molecule has 7 nitrogen and oxygen atoms in total. The zero-order valence-corrected chi connectivity index (χ0v) is 22.4. The summed E-state index contributed by atoms with van der Waals surface area (Å²) in [6.45, 7) is 7.29. The summed E-state index contributed by atoms with van der Waals surface area (Å²) in [5.74, 6) is 2.69. The Morgan fingerprint density at radius 2 is 1.51 bits per heavy atom. The first-order chi connectivity index (χ1) is 16.5. The zero-order valence-electron chi connectivity index (χ0n) is 22.4. The SMILES string of the molecule is COc1ccc(C[C@H]2c3cc(OC)c(OC)cc3CC[N@+]2(C)CCC(=O)OC(C)(C)C)cc1OC. The summed E-state index contributed by atoms with van der Waals surface area (Å²) < 4.78 is 28.5. The Hall–Kier alpha value is -2.93. The van der Waals surface area contributed by atoms with Crippen LogP contribution in [0.4, 0.5) is 0 Å². The average molecular weight is 487 g/mol. The van der Waals surface area contributed by atoms with Crippen molar-refractivity contribution in [2.75, 3.05) is 48.6 Å². The second-order valence-corrected chi connectivity index (χ2v) is 10.3. The van der Waals surface area contributed by atoms with Crippen molar-refractivity contribution in [2.24, 2.45) is 0 Å². The number of rotatable bonds is 9. The number of carbonyl (C=O) groups is 1. The lowest BCUT2D eigenvalue weighted by Gasteiger charge is -2.46. The van der Waals surface area contributed by atoms with Gasteiger partial charge in [-0.3, -0.25) is 4.79 Å². The Morgan fingerprint density at radius 1 is 0.914 bits per heavy atom. The fourth-order valence-electron chi connectivity index (χ4n) is 4.90. The molecular formula is C28H40NO6+. The molecule has 0 saturated heterocycles. The molecular weight excluding hydrogens is 446 g/mol. The minimum atomic E-state index is -0.493. The molecule has 2 atom stereocenters. The maximum Gasteiger partial charge on any atom is 0.312 e. The van der Waals surface area contributed by atoms with E-state index in [1.54, 1.807) is 28.4 Å². The van der Waals surface area contributed by atoms with E-state index >= 15 is 0 Å². The summed E-state index contributed by atoms with van der Waals surface area (Å²) in [7, 11) is 8.84. The van der Waals surface area contributed by atoms with E-state index < -0.39 is 5.60 Å². The molecule has 3 rings (SSSR count). The predicted molar refractivity (Wildman–Crippen MR) is 136 cm³/mol. The number of carbonyl (C=O) groups excluding carboxylic acids is 1. The molecule has 0 aliphatic carbocycles. The molecule has 192 valence electrons. The van der Waals surface area contributed by atoms with Crippen molar-refractivity contribution in [1.82, 2.24) is 0 Å². The van der Waals surface area contributed by atoms with Crippen LogP contribution in [0.15, 0.2) is 30.3 Å². The van der Waals surface area contributed by atoms with Crippen LogP contribution in [0.1, 0.15) is 49.9 Å². The number of nitrogens with zero attached hydrogens (tertiary/aromatic N) is 1. The number of hydrogen-bond donors (Lipinski definition) is 0. The highest BCUT2D eigenvalue weighted by molar-refractivity contribution is 5.69. The van der Waals surface area contributed by atoms with Gasteiger partial charge in [0.2, 0.25) is 0 Å². The normalized spacial score (nSPS) is 19.5. The van der Waals surface area contributed by atoms with E-state index in [0.29, 0.717) is 30.2 Å². The Bertz CT molecular complexity index is 1040. The number of esters is 1. The van der Waals surface area contributed by atoms with Crippen molar-refractivity contribution in [2.45, 2.75) is 51.7 Å². The van der Waals surface area contributed by atoms with Crippen LogP contribution in [0, 0.1) is 0 Å². The molecule has 1 aliphatic heterocycles. The van der Waals surface area contributed by atoms with Gasteiger partial charge in [-0.1, -0.05) is 6.07 Å². The van der Waals surface area contributed by atoms with Crippen molar-refractivity contribution < 1.29 is 33.0 Å². The molecule has 7 heteroatoms. The van der Waals surface area contributed by atoms with Gasteiger partial charge < -0.3 is 28.2 Å². The van der Waals surface area contributed by atoms with E-state index in [9.17, 15) is 4.79 Å². The van der Waals surface area contributed by atoms with Gasteiger partial charge in [0.15, 0.2) is 23.0 Å². The minimum absolute atomic E-state index is 0.110. The van der Waals surface area contributed by atoms with Gasteiger partial charge in [-0.25, -0.2) is 0 Å². The molecule has 0 unspecified atom stereocenters. The highest BCUT2D eigenvalue weighted by Crippen LogP contribution is 2.43. The van der Waals surface area contributed by atoms with Crippen LogP contribution in [0.2, 0.25) is 0 Å². The Morgan fingerprint density at radius 3 is 2.11 bits per heavy atom. The lowest BCUT2D eigenvalue weighted by molar-refractivity contribution is -0.940. The topological polar surface area (TPSA) is 63.2 Å². The van der Waals surface area contributed by atoms with Gasteiger partial charge >= 0.3 is 5.97 Å². The van der Waals surface area contributed by atoms with Gasteiger partial charge in [0, 0.05) is 18.4 Å². The summed E-state index contributed by atoms with van der Waals surface area (Å²) in [6.07, 6.45) is 2.02. The number of benzene rings is 2. The molecule has 0 saturated carbocycles. The third-order valence-corrected chi connectivity index (χ3v) is 6.77. The lowest BCUT2D eigenvalue weighted by Crippen LogP contribution is -2.53. The number of likely N-dealkylation sites (N-methyl/N-ethyl adjacent to an activating group) is 1. The van der Waals surface area contributed by atoms with Gasteiger partial charge in [-0.2, -0.15) is 0 Å². The van der Waals surface area contributed by atoms with E-state index in [0.717, 1.165) is 35.2 Å². The molecule has 1 heterocycles. The number of ether oxygens (including phenoxy) is 5. The third-order valence-electron chi connectivity index (χ3n) is 6.77. The third kappa shape index (κ3) is 6.20. The van der Waals surface area contributed by atoms with Crippen LogP contribution in [-0.2, 0) is 22.4 Å². The van der Waals surface area contributed by atoms with Crippen LogP contribution in [0.5, 0.6) is 23.0 Å². The second kappa shape index (κ2) is 10.8. The average Bonchev–Trinajstić information content (AvgIpc) is 2.82. The fourth-order valence-corrected chi connectivity index (χ4v) is 4.90. The molecule has 0 spiro atoms. The maximum atomic E-state index is 12.6. The number of fused-ring (bicyclic) bond motifs is 1. The van der Waals surface area contributed by atoms with Gasteiger partial charge in [0.25, 0.3) is 0 Å². The first kappa shape index (κ1) is 26.7. The lowest BCUT2D eigenvalue weighted by atomic mass is 9.86. The molecule has 35 heavy (non-hydrogen) atoms. The zero-order chi connectivity index (χ0) is 25.8. The summed E-state index contributed by atoms with van der Waals surface area (Å²) in [5, 5.41) is 0. The molecule has 0 fully saturated rings. The molecule has 1 aliphatic rings. The van der Waals surface area contributed by atoms with Crippen molar-refractivity contribution >= 4 is 5.97 Å². The molecule has 0 aromatic heterocycles. The number of methoxy groups -OCH3 is 4. The first-order valence-corrected chi connectivity index (χ1v) is 12.1. The highest BCUT2D eigenvalue weighted by Gasteiger charge is 2.40. The second-order valence-electron chi connectivity index (χ2n) is 10.3. The largest absolute Gasteiger partial charge is 0.493 e. The van der Waals surface area contributed by atoms with Crippen LogP contribution in [-0.4, -0.2) is 64.6 Å². The molecule has 0 N–H and O–H groups in total. The standard InChI is InChI=1S/C28H40NO6/c1-28(2,3)35-27(30)12-14-29(4)13-11-20-17-25(33-7)26(34-8)18-21(20)22(29)15-19-9-10-23(31-5)24(16-19)32-6/h9-10,16-18,22H,11-15H2,1-8H3/q+1/t22-,29+/m0/s1. The van der Waals surface area contributed by atoms with Crippen molar-refractivity contribution in [3.8, 4) is 23.0 Å². The van der Waals surface area contributed by atoms with Gasteiger partial charge in [0.1, 0.15) is 11.6 Å². The summed E-state index contributed by atoms with van der Waals surface area (Å²) in [5.41, 5.74) is 3.11. The Kier molecular flexibility index (Phi) is 8.21. The first-order valence-electron chi connectivity index (χ1n) is 12.1. The summed E-state index contributed by atoms with van der Waals surface area (Å²) >= 11 is 0. The van der Waals surface area contributed by atoms with Crippen LogP contribution < -0.4 is 18.9 Å². The van der Waals surface area contributed by atoms with Gasteiger partial charge in [0.05, 0.1) is 55.0 Å². The van der Waals surface area contributed by atoms with E-state index in [1.807, 2.05) is 32.9 Å². The monoisotopic (exact) mass is 486 g/mol. The van der Waals surface area contributed by atoms with E-state index in [1.165, 1.54) is 11.1 Å². The van der Waals surface area contributed by atoms with E-state index in [4.69, 9.17) is 23.7 Å². The van der Waals surface area contributed by atoms with E-state index in [2.05, 4.69) is 25.2 Å². The van der Waals surface area contributed by atoms with Crippen molar-refractivity contribution in [3.05, 3.63) is 47.0 Å². The number of quaternary nitrogens is 1. The van der Waals surface area contributed by atoms with Gasteiger partial charge in [-0.05, 0) is 56.2 Å². The van der Waals surface area contributed by atoms with Crippen LogP contribution >= 0.6 is 0 Å². The van der Waals surface area contributed by atoms with Crippen LogP contribution in [0.3, 0.4) is 0 Å². The van der Waals surface area contributed by atoms with Gasteiger partial charge in [-0.15, -0.1) is 0 Å². The fraction of sp³-hybridized carbons (Fsp3) is 0.536. The van der Waals surface area contributed by atoms with Crippen molar-refractivity contribution in [3.63, 3.8) is 0 Å². The predicted octanol–water partition coefficient (Wildman–Crippen LogP) is 4.74. The van der Waals surface area contributed by atoms with Crippen LogP contribution in [0.25, 0.3) is 0 Å². The Balaban J connectivity index is 2.00. The molecule has 2 aromatic rings. The quantitative estimate of drug-likeness (QED) is 0.377. The van der Waals surface area contributed by atoms with Crippen molar-refractivity contribution in [1.29, 1.82) is 0 Å². The summed E-state index contributed by atoms with van der Waals surface area (Å²) in [4.78, 5) is 12.6. The maximum absolute atomic E-state index is 12.6. The smallest absolute Gasteiger partial charge is 0.312 e. The summed E-state index contributed by atoms with van der Waals surface area (Å²) in [6, 6.07) is 10.4. The molecule has 0 amide bonds. The highest BCUT2D eigenvalue weighted by atomic mass is 16.6. The Labute approximate surface area is 209 Å². The molecule has 0 radical (unpaired) electrons.